The second kappa shape index (κ2) is 12.8. The minimum absolute atomic E-state index is 0.0333. The van der Waals surface area contributed by atoms with Crippen LogP contribution in [-0.4, -0.2) is 52.1 Å². The Morgan fingerprint density at radius 3 is 2.18 bits per heavy atom. The molecule has 2 aromatic rings. The number of carbonyl (C=O) groups excluding carboxylic acids is 4. The number of fused-ring (bicyclic) bond motifs is 1. The summed E-state index contributed by atoms with van der Waals surface area (Å²) in [6.45, 7) is 3.92. The van der Waals surface area contributed by atoms with E-state index in [0.717, 1.165) is 12.0 Å². The topological polar surface area (TPSA) is 86.8 Å². The zero-order valence-electron chi connectivity index (χ0n) is 22.5. The van der Waals surface area contributed by atoms with Gasteiger partial charge in [-0.3, -0.25) is 24.1 Å². The molecule has 2 aromatic carbocycles. The van der Waals surface area contributed by atoms with E-state index < -0.39 is 11.9 Å². The zero-order valence-corrected chi connectivity index (χ0v) is 22.5. The Labute approximate surface area is 229 Å². The molecule has 1 aliphatic heterocycles. The number of imide groups is 1. The van der Waals surface area contributed by atoms with Gasteiger partial charge in [0.25, 0.3) is 0 Å². The van der Waals surface area contributed by atoms with Crippen LogP contribution in [-0.2, 0) is 32.1 Å². The Hall–Kier alpha value is -3.81. The Balaban J connectivity index is 1.58. The van der Waals surface area contributed by atoms with Gasteiger partial charge in [-0.05, 0) is 49.4 Å². The van der Waals surface area contributed by atoms with Crippen LogP contribution in [0.25, 0.3) is 0 Å². The van der Waals surface area contributed by atoms with Crippen molar-refractivity contribution in [2.75, 3.05) is 6.54 Å². The van der Waals surface area contributed by atoms with E-state index in [2.05, 4.69) is 5.32 Å². The fraction of sp³-hybridized carbons (Fsp3) is 0.419. The van der Waals surface area contributed by atoms with Crippen molar-refractivity contribution < 1.29 is 23.6 Å². The summed E-state index contributed by atoms with van der Waals surface area (Å²) < 4.78 is 13.6. The van der Waals surface area contributed by atoms with E-state index in [-0.39, 0.29) is 67.4 Å². The average molecular weight is 534 g/mol. The molecule has 2 aliphatic rings. The number of benzene rings is 2. The summed E-state index contributed by atoms with van der Waals surface area (Å²) in [6.07, 6.45) is 5.83. The first kappa shape index (κ1) is 28.2. The van der Waals surface area contributed by atoms with E-state index in [1.165, 1.54) is 21.9 Å². The first-order chi connectivity index (χ1) is 18.8. The summed E-state index contributed by atoms with van der Waals surface area (Å²) in [5, 5.41) is 3.01. The predicted molar refractivity (Wildman–Crippen MR) is 145 cm³/mol. The lowest BCUT2D eigenvalue weighted by molar-refractivity contribution is -0.144. The molecule has 8 heteroatoms. The number of halogens is 1. The maximum Gasteiger partial charge on any atom is 0.243 e. The molecular weight excluding hydrogens is 497 g/mol. The molecular formula is C31H36FN3O4. The fourth-order valence-corrected chi connectivity index (χ4v) is 5.22. The summed E-state index contributed by atoms with van der Waals surface area (Å²) in [6, 6.07) is 14.3. The van der Waals surface area contributed by atoms with Crippen molar-refractivity contribution in [3.8, 4) is 0 Å². The van der Waals surface area contributed by atoms with Gasteiger partial charge in [0.2, 0.25) is 23.6 Å². The van der Waals surface area contributed by atoms with Gasteiger partial charge in [-0.2, -0.15) is 0 Å². The lowest BCUT2D eigenvalue weighted by Crippen LogP contribution is -2.52. The molecule has 7 nitrogen and oxygen atoms in total. The molecule has 0 unspecified atom stereocenters. The highest BCUT2D eigenvalue weighted by molar-refractivity contribution is 6.05. The summed E-state index contributed by atoms with van der Waals surface area (Å²) in [5.74, 6) is -2.22. The Morgan fingerprint density at radius 1 is 0.974 bits per heavy atom. The van der Waals surface area contributed by atoms with Gasteiger partial charge in [0.15, 0.2) is 0 Å². The lowest BCUT2D eigenvalue weighted by atomic mass is 9.85. The number of amides is 4. The standard InChI is InChI=1S/C31H36FN3O4/c1-3-21(2)33-29(37)27(19-22-9-5-4-6-10-22)35(20-23-13-15-24(32)16-14-23)28(36)17-18-34-30(38)25-11-7-8-12-26(25)31(34)39/h4-10,13-16,21,25-27H,3,11-12,17-20H2,1-2H3,(H,33,37)/t21-,25-,26+,27-/m1/s1. The minimum atomic E-state index is -0.837. The van der Waals surface area contributed by atoms with Crippen LogP contribution >= 0.6 is 0 Å². The van der Waals surface area contributed by atoms with Crippen molar-refractivity contribution in [1.82, 2.24) is 15.1 Å². The number of likely N-dealkylation sites (tertiary alicyclic amines) is 1. The molecule has 0 bridgehead atoms. The maximum atomic E-state index is 13.8. The second-order valence-corrected chi connectivity index (χ2v) is 10.4. The third kappa shape index (κ3) is 6.80. The van der Waals surface area contributed by atoms with Crippen molar-refractivity contribution >= 4 is 23.6 Å². The van der Waals surface area contributed by atoms with Crippen LogP contribution in [0.4, 0.5) is 4.39 Å². The highest BCUT2D eigenvalue weighted by Gasteiger charge is 2.47. The van der Waals surface area contributed by atoms with Crippen LogP contribution in [0.2, 0.25) is 0 Å². The smallest absolute Gasteiger partial charge is 0.243 e. The molecule has 0 spiro atoms. The first-order valence-corrected chi connectivity index (χ1v) is 13.7. The molecule has 4 atom stereocenters. The summed E-state index contributed by atoms with van der Waals surface area (Å²) in [7, 11) is 0. The maximum absolute atomic E-state index is 13.8. The molecule has 1 N–H and O–H groups in total. The summed E-state index contributed by atoms with van der Waals surface area (Å²) >= 11 is 0. The van der Waals surface area contributed by atoms with Gasteiger partial charge >= 0.3 is 0 Å². The number of carbonyl (C=O) groups is 4. The molecule has 39 heavy (non-hydrogen) atoms. The van der Waals surface area contributed by atoms with E-state index in [1.54, 1.807) is 12.1 Å². The van der Waals surface area contributed by atoms with E-state index in [0.29, 0.717) is 18.4 Å². The number of hydrogen-bond donors (Lipinski definition) is 1. The van der Waals surface area contributed by atoms with Gasteiger partial charge in [0.05, 0.1) is 11.8 Å². The Morgan fingerprint density at radius 2 is 1.59 bits per heavy atom. The summed E-state index contributed by atoms with van der Waals surface area (Å²) in [5.41, 5.74) is 1.56. The molecule has 1 heterocycles. The molecule has 0 saturated carbocycles. The largest absolute Gasteiger partial charge is 0.352 e. The molecule has 1 saturated heterocycles. The SMILES string of the molecule is CC[C@@H](C)NC(=O)[C@@H](Cc1ccccc1)N(Cc1ccc(F)cc1)C(=O)CCN1C(=O)[C@H]2CC=CC[C@H]2C1=O. The molecule has 4 rings (SSSR count). The third-order valence-corrected chi connectivity index (χ3v) is 7.69. The fourth-order valence-electron chi connectivity index (χ4n) is 5.22. The van der Waals surface area contributed by atoms with Crippen molar-refractivity contribution in [2.45, 2.75) is 64.6 Å². The quantitative estimate of drug-likeness (QED) is 0.349. The number of allylic oxidation sites excluding steroid dienone is 2. The van der Waals surface area contributed by atoms with Crippen LogP contribution in [0.1, 0.15) is 50.7 Å². The number of nitrogens with zero attached hydrogens (tertiary/aromatic N) is 2. The van der Waals surface area contributed by atoms with E-state index in [4.69, 9.17) is 0 Å². The van der Waals surface area contributed by atoms with Gasteiger partial charge in [-0.1, -0.05) is 61.5 Å². The summed E-state index contributed by atoms with van der Waals surface area (Å²) in [4.78, 5) is 55.9. The molecule has 0 aromatic heterocycles. The van der Waals surface area contributed by atoms with Gasteiger partial charge < -0.3 is 10.2 Å². The first-order valence-electron chi connectivity index (χ1n) is 13.7. The zero-order chi connectivity index (χ0) is 27.9. The van der Waals surface area contributed by atoms with Crippen LogP contribution in [0.15, 0.2) is 66.7 Å². The molecule has 206 valence electrons. The van der Waals surface area contributed by atoms with Crippen molar-refractivity contribution in [3.05, 3.63) is 83.7 Å². The third-order valence-electron chi connectivity index (χ3n) is 7.69. The second-order valence-electron chi connectivity index (χ2n) is 10.4. The van der Waals surface area contributed by atoms with Crippen LogP contribution < -0.4 is 5.32 Å². The highest BCUT2D eigenvalue weighted by atomic mass is 19.1. The number of hydrogen-bond acceptors (Lipinski definition) is 4. The average Bonchev–Trinajstić information content (AvgIpc) is 3.19. The van der Waals surface area contributed by atoms with Gasteiger partial charge in [0.1, 0.15) is 11.9 Å². The van der Waals surface area contributed by atoms with Crippen molar-refractivity contribution in [2.24, 2.45) is 11.8 Å². The minimum Gasteiger partial charge on any atom is -0.352 e. The molecule has 4 amide bonds. The number of rotatable bonds is 11. The Bertz CT molecular complexity index is 1190. The van der Waals surface area contributed by atoms with E-state index >= 15 is 0 Å². The van der Waals surface area contributed by atoms with Crippen LogP contribution in [0, 0.1) is 17.7 Å². The molecule has 1 fully saturated rings. The van der Waals surface area contributed by atoms with Gasteiger partial charge in [-0.25, -0.2) is 4.39 Å². The number of nitrogens with one attached hydrogen (secondary N) is 1. The van der Waals surface area contributed by atoms with Gasteiger partial charge in [-0.15, -0.1) is 0 Å². The van der Waals surface area contributed by atoms with E-state index in [9.17, 15) is 23.6 Å². The molecule has 0 radical (unpaired) electrons. The lowest BCUT2D eigenvalue weighted by Gasteiger charge is -2.32. The molecule has 1 aliphatic carbocycles. The monoisotopic (exact) mass is 533 g/mol. The van der Waals surface area contributed by atoms with Crippen LogP contribution in [0.5, 0.6) is 0 Å². The normalized spacial score (nSPS) is 19.9. The Kier molecular flexibility index (Phi) is 9.28. The van der Waals surface area contributed by atoms with Crippen LogP contribution in [0.3, 0.4) is 0 Å². The van der Waals surface area contributed by atoms with E-state index in [1.807, 2.05) is 56.3 Å². The highest BCUT2D eigenvalue weighted by Crippen LogP contribution is 2.35. The van der Waals surface area contributed by atoms with Gasteiger partial charge in [0, 0.05) is 32.0 Å². The van der Waals surface area contributed by atoms with Crippen molar-refractivity contribution in [3.63, 3.8) is 0 Å². The predicted octanol–water partition coefficient (Wildman–Crippen LogP) is 4.02. The van der Waals surface area contributed by atoms with Crippen molar-refractivity contribution in [1.29, 1.82) is 0 Å².